The van der Waals surface area contributed by atoms with Crippen LogP contribution in [0.5, 0.6) is 5.75 Å². The summed E-state index contributed by atoms with van der Waals surface area (Å²) < 4.78 is 7.45. The van der Waals surface area contributed by atoms with Gasteiger partial charge in [0.2, 0.25) is 0 Å². The molecule has 0 aliphatic heterocycles. The quantitative estimate of drug-likeness (QED) is 0.557. The molecule has 3 nitrogen and oxygen atoms in total. The molecule has 0 unspecified atom stereocenters. The fraction of sp³-hybridized carbons (Fsp3) is 0.700. The number of alkyl halides is 1. The molecular weight excluding hydrogens is 244 g/mol. The van der Waals surface area contributed by atoms with Gasteiger partial charge in [-0.05, 0) is 19.3 Å². The van der Waals surface area contributed by atoms with Crippen LogP contribution in [0, 0.1) is 0 Å². The summed E-state index contributed by atoms with van der Waals surface area (Å²) in [5.41, 5.74) is 0. The van der Waals surface area contributed by atoms with E-state index in [0.29, 0.717) is 0 Å². The van der Waals surface area contributed by atoms with E-state index >= 15 is 0 Å². The molecule has 0 aliphatic carbocycles. The number of unbranched alkanes of at least 4 members (excludes halogenated alkanes) is 1. The molecule has 0 saturated carbocycles. The predicted octanol–water partition coefficient (Wildman–Crippen LogP) is 2.85. The van der Waals surface area contributed by atoms with Crippen molar-refractivity contribution in [2.75, 3.05) is 11.9 Å². The highest BCUT2D eigenvalue weighted by molar-refractivity contribution is 9.09. The molecule has 0 saturated heterocycles. The summed E-state index contributed by atoms with van der Waals surface area (Å²) in [6, 6.07) is 0. The smallest absolute Gasteiger partial charge is 0.157 e. The van der Waals surface area contributed by atoms with Gasteiger partial charge in [0, 0.05) is 11.9 Å². The highest BCUT2D eigenvalue weighted by Gasteiger charge is 1.97. The van der Waals surface area contributed by atoms with Crippen LogP contribution < -0.4 is 4.74 Å². The average Bonchev–Trinajstić information content (AvgIpc) is 2.61. The van der Waals surface area contributed by atoms with E-state index in [9.17, 15) is 0 Å². The first-order valence-corrected chi connectivity index (χ1v) is 6.20. The van der Waals surface area contributed by atoms with Crippen molar-refractivity contribution in [1.82, 2.24) is 9.78 Å². The number of aromatic nitrogens is 2. The maximum atomic E-state index is 5.53. The maximum Gasteiger partial charge on any atom is 0.157 e. The van der Waals surface area contributed by atoms with Crippen molar-refractivity contribution in [3.05, 3.63) is 12.4 Å². The minimum Gasteiger partial charge on any atom is -0.490 e. The van der Waals surface area contributed by atoms with Crippen LogP contribution in [0.15, 0.2) is 12.4 Å². The van der Waals surface area contributed by atoms with Crippen LogP contribution in [0.1, 0.15) is 26.2 Å². The summed E-state index contributed by atoms with van der Waals surface area (Å²) >= 11 is 3.39. The number of ether oxygens (including phenoxy) is 1. The van der Waals surface area contributed by atoms with Gasteiger partial charge in [-0.15, -0.1) is 0 Å². The van der Waals surface area contributed by atoms with Gasteiger partial charge >= 0.3 is 0 Å². The molecule has 0 bridgehead atoms. The number of hydrogen-bond acceptors (Lipinski definition) is 2. The molecule has 0 N–H and O–H groups in total. The Morgan fingerprint density at radius 3 is 3.07 bits per heavy atom. The first kappa shape index (κ1) is 11.6. The molecular formula is C10H17BrN2O. The third kappa shape index (κ3) is 4.13. The number of rotatable bonds is 7. The minimum atomic E-state index is 0.781. The summed E-state index contributed by atoms with van der Waals surface area (Å²) in [5.74, 6) is 0.882. The largest absolute Gasteiger partial charge is 0.490 e. The SMILES string of the molecule is CCCn1cc(OCCCCBr)cn1. The van der Waals surface area contributed by atoms with Gasteiger partial charge in [0.05, 0.1) is 19.0 Å². The second kappa shape index (κ2) is 6.87. The Morgan fingerprint density at radius 1 is 1.50 bits per heavy atom. The van der Waals surface area contributed by atoms with Gasteiger partial charge in [0.15, 0.2) is 5.75 Å². The molecule has 1 heterocycles. The second-order valence-corrected chi connectivity index (χ2v) is 3.98. The molecule has 0 spiro atoms. The molecule has 0 fully saturated rings. The molecule has 0 aromatic carbocycles. The normalized spacial score (nSPS) is 10.4. The van der Waals surface area contributed by atoms with Crippen molar-refractivity contribution in [2.45, 2.75) is 32.7 Å². The van der Waals surface area contributed by atoms with Crippen LogP contribution in [0.25, 0.3) is 0 Å². The Bertz CT molecular complexity index is 250. The van der Waals surface area contributed by atoms with E-state index in [0.717, 1.165) is 43.5 Å². The Hall–Kier alpha value is -0.510. The van der Waals surface area contributed by atoms with E-state index in [-0.39, 0.29) is 0 Å². The van der Waals surface area contributed by atoms with Crippen molar-refractivity contribution in [3.63, 3.8) is 0 Å². The Labute approximate surface area is 93.6 Å². The van der Waals surface area contributed by atoms with Gasteiger partial charge < -0.3 is 4.74 Å². The van der Waals surface area contributed by atoms with Crippen LogP contribution in [0.2, 0.25) is 0 Å². The van der Waals surface area contributed by atoms with Crippen molar-refractivity contribution in [3.8, 4) is 5.75 Å². The third-order valence-electron chi connectivity index (χ3n) is 1.86. The standard InChI is InChI=1S/C10H17BrN2O/c1-2-6-13-9-10(8-12-13)14-7-4-3-5-11/h8-9H,2-7H2,1H3. The number of aryl methyl sites for hydroxylation is 1. The first-order valence-electron chi connectivity index (χ1n) is 5.08. The molecule has 0 aliphatic rings. The van der Waals surface area contributed by atoms with Crippen LogP contribution in [-0.4, -0.2) is 21.7 Å². The zero-order chi connectivity index (χ0) is 10.2. The van der Waals surface area contributed by atoms with Gasteiger partial charge in [-0.3, -0.25) is 4.68 Å². The van der Waals surface area contributed by atoms with Crippen LogP contribution in [0.3, 0.4) is 0 Å². The summed E-state index contributed by atoms with van der Waals surface area (Å²) in [6.07, 6.45) is 7.08. The average molecular weight is 261 g/mol. The van der Waals surface area contributed by atoms with Crippen LogP contribution in [-0.2, 0) is 6.54 Å². The van der Waals surface area contributed by atoms with E-state index in [2.05, 4.69) is 28.0 Å². The van der Waals surface area contributed by atoms with E-state index in [1.807, 2.05) is 10.9 Å². The molecule has 1 aromatic heterocycles. The molecule has 80 valence electrons. The topological polar surface area (TPSA) is 27.1 Å². The number of nitrogens with zero attached hydrogens (tertiary/aromatic N) is 2. The first-order chi connectivity index (χ1) is 6.86. The van der Waals surface area contributed by atoms with Crippen molar-refractivity contribution >= 4 is 15.9 Å². The van der Waals surface area contributed by atoms with Gasteiger partial charge in [-0.25, -0.2) is 0 Å². The van der Waals surface area contributed by atoms with Crippen molar-refractivity contribution in [2.24, 2.45) is 0 Å². The lowest BCUT2D eigenvalue weighted by molar-refractivity contribution is 0.309. The lowest BCUT2D eigenvalue weighted by atomic mass is 10.4. The molecule has 0 amide bonds. The highest BCUT2D eigenvalue weighted by Crippen LogP contribution is 2.09. The number of hydrogen-bond donors (Lipinski definition) is 0. The highest BCUT2D eigenvalue weighted by atomic mass is 79.9. The molecule has 1 rings (SSSR count). The maximum absolute atomic E-state index is 5.53. The summed E-state index contributed by atoms with van der Waals surface area (Å²) in [4.78, 5) is 0. The van der Waals surface area contributed by atoms with Crippen LogP contribution in [0.4, 0.5) is 0 Å². The third-order valence-corrected chi connectivity index (χ3v) is 2.42. The fourth-order valence-corrected chi connectivity index (χ4v) is 1.55. The zero-order valence-electron chi connectivity index (χ0n) is 8.58. The van der Waals surface area contributed by atoms with E-state index in [4.69, 9.17) is 4.74 Å². The van der Waals surface area contributed by atoms with Gasteiger partial charge in [-0.2, -0.15) is 5.10 Å². The summed E-state index contributed by atoms with van der Waals surface area (Å²) in [6.45, 7) is 3.88. The van der Waals surface area contributed by atoms with Gasteiger partial charge in [-0.1, -0.05) is 22.9 Å². The summed E-state index contributed by atoms with van der Waals surface area (Å²) in [7, 11) is 0. The molecule has 1 aromatic rings. The van der Waals surface area contributed by atoms with E-state index in [1.165, 1.54) is 0 Å². The fourth-order valence-electron chi connectivity index (χ4n) is 1.16. The molecule has 0 radical (unpaired) electrons. The molecule has 14 heavy (non-hydrogen) atoms. The zero-order valence-corrected chi connectivity index (χ0v) is 10.2. The van der Waals surface area contributed by atoms with E-state index < -0.39 is 0 Å². The van der Waals surface area contributed by atoms with Gasteiger partial charge in [0.25, 0.3) is 0 Å². The predicted molar refractivity (Wildman–Crippen MR) is 61.0 cm³/mol. The van der Waals surface area contributed by atoms with E-state index in [1.54, 1.807) is 6.20 Å². The second-order valence-electron chi connectivity index (χ2n) is 3.18. The molecule has 0 atom stereocenters. The number of halogens is 1. The lowest BCUT2D eigenvalue weighted by Crippen LogP contribution is -1.97. The van der Waals surface area contributed by atoms with Crippen molar-refractivity contribution < 1.29 is 4.74 Å². The summed E-state index contributed by atoms with van der Waals surface area (Å²) in [5, 5.41) is 5.23. The lowest BCUT2D eigenvalue weighted by Gasteiger charge is -2.01. The van der Waals surface area contributed by atoms with Crippen LogP contribution >= 0.6 is 15.9 Å². The van der Waals surface area contributed by atoms with Crippen molar-refractivity contribution in [1.29, 1.82) is 0 Å². The monoisotopic (exact) mass is 260 g/mol. The minimum absolute atomic E-state index is 0.781. The Kier molecular flexibility index (Phi) is 5.68. The Morgan fingerprint density at radius 2 is 2.36 bits per heavy atom. The Balaban J connectivity index is 2.22. The van der Waals surface area contributed by atoms with Gasteiger partial charge in [0.1, 0.15) is 0 Å². The molecule has 4 heteroatoms.